The maximum atomic E-state index is 10.6. The average Bonchev–Trinajstić information content (AvgIpc) is 2.32. The first-order valence-corrected chi connectivity index (χ1v) is 5.97. The van der Waals surface area contributed by atoms with Gasteiger partial charge in [-0.2, -0.15) is 0 Å². The minimum atomic E-state index is -0.827. The van der Waals surface area contributed by atoms with E-state index in [1.807, 2.05) is 12.1 Å². The van der Waals surface area contributed by atoms with Gasteiger partial charge >= 0.3 is 5.97 Å². The Balaban J connectivity index is 1.89. The lowest BCUT2D eigenvalue weighted by Gasteiger charge is -2.32. The quantitative estimate of drug-likeness (QED) is 0.837. The SMILES string of the molecule is O=C(O)CC1CN(Cc2ccc(O)cc2)CCO1. The Morgan fingerprint density at radius 2 is 2.11 bits per heavy atom. The molecule has 0 bridgehead atoms. The molecular formula is C13H17NO4. The molecule has 0 aromatic heterocycles. The molecule has 1 atom stereocenters. The fourth-order valence-electron chi connectivity index (χ4n) is 2.10. The number of benzene rings is 1. The third-order valence-corrected chi connectivity index (χ3v) is 2.97. The molecule has 0 aliphatic carbocycles. The summed E-state index contributed by atoms with van der Waals surface area (Å²) < 4.78 is 5.41. The molecular weight excluding hydrogens is 234 g/mol. The van der Waals surface area contributed by atoms with Gasteiger partial charge in [-0.15, -0.1) is 0 Å². The van der Waals surface area contributed by atoms with Crippen LogP contribution in [0.2, 0.25) is 0 Å². The molecule has 1 aromatic carbocycles. The van der Waals surface area contributed by atoms with Gasteiger partial charge in [-0.25, -0.2) is 0 Å². The van der Waals surface area contributed by atoms with E-state index in [1.54, 1.807) is 12.1 Å². The molecule has 2 N–H and O–H groups in total. The fraction of sp³-hybridized carbons (Fsp3) is 0.462. The number of carboxylic acids is 1. The smallest absolute Gasteiger partial charge is 0.306 e. The second-order valence-corrected chi connectivity index (χ2v) is 4.49. The zero-order valence-corrected chi connectivity index (χ0v) is 10.1. The molecule has 1 heterocycles. The maximum Gasteiger partial charge on any atom is 0.306 e. The number of carboxylic acid groups (broad SMARTS) is 1. The van der Waals surface area contributed by atoms with Crippen LogP contribution in [0.5, 0.6) is 5.75 Å². The molecule has 1 unspecified atom stereocenters. The van der Waals surface area contributed by atoms with Gasteiger partial charge in [-0.1, -0.05) is 12.1 Å². The number of nitrogens with zero attached hydrogens (tertiary/aromatic N) is 1. The maximum absolute atomic E-state index is 10.6. The molecule has 0 saturated carbocycles. The Morgan fingerprint density at radius 1 is 1.39 bits per heavy atom. The zero-order valence-electron chi connectivity index (χ0n) is 10.1. The molecule has 18 heavy (non-hydrogen) atoms. The van der Waals surface area contributed by atoms with Crippen LogP contribution in [0, 0.1) is 0 Å². The summed E-state index contributed by atoms with van der Waals surface area (Å²) in [6.07, 6.45) is -0.181. The number of aliphatic carboxylic acids is 1. The van der Waals surface area contributed by atoms with E-state index in [9.17, 15) is 9.90 Å². The number of phenolic OH excluding ortho intramolecular Hbond substituents is 1. The Bertz CT molecular complexity index is 404. The minimum Gasteiger partial charge on any atom is -0.508 e. The second-order valence-electron chi connectivity index (χ2n) is 4.49. The lowest BCUT2D eigenvalue weighted by Crippen LogP contribution is -2.42. The van der Waals surface area contributed by atoms with Gasteiger partial charge in [0.2, 0.25) is 0 Å². The van der Waals surface area contributed by atoms with E-state index in [0.29, 0.717) is 13.2 Å². The Morgan fingerprint density at radius 3 is 2.78 bits per heavy atom. The van der Waals surface area contributed by atoms with E-state index in [-0.39, 0.29) is 18.3 Å². The van der Waals surface area contributed by atoms with E-state index < -0.39 is 5.97 Å². The molecule has 0 amide bonds. The van der Waals surface area contributed by atoms with Gasteiger partial charge in [0.05, 0.1) is 19.1 Å². The van der Waals surface area contributed by atoms with Crippen molar-refractivity contribution in [1.82, 2.24) is 4.90 Å². The highest BCUT2D eigenvalue weighted by Gasteiger charge is 2.22. The monoisotopic (exact) mass is 251 g/mol. The van der Waals surface area contributed by atoms with Gasteiger partial charge < -0.3 is 14.9 Å². The van der Waals surface area contributed by atoms with Crippen LogP contribution in [0.4, 0.5) is 0 Å². The van der Waals surface area contributed by atoms with E-state index in [4.69, 9.17) is 9.84 Å². The summed E-state index contributed by atoms with van der Waals surface area (Å²) in [5, 5.41) is 18.0. The summed E-state index contributed by atoms with van der Waals surface area (Å²) in [7, 11) is 0. The number of phenols is 1. The van der Waals surface area contributed by atoms with Crippen LogP contribution < -0.4 is 0 Å². The second kappa shape index (κ2) is 5.84. The van der Waals surface area contributed by atoms with Crippen molar-refractivity contribution in [2.24, 2.45) is 0 Å². The third-order valence-electron chi connectivity index (χ3n) is 2.97. The summed E-state index contributed by atoms with van der Waals surface area (Å²) >= 11 is 0. The number of morpholine rings is 1. The zero-order chi connectivity index (χ0) is 13.0. The topological polar surface area (TPSA) is 70.0 Å². The number of rotatable bonds is 4. The van der Waals surface area contributed by atoms with Gasteiger partial charge in [0, 0.05) is 19.6 Å². The van der Waals surface area contributed by atoms with Crippen LogP contribution in [0.1, 0.15) is 12.0 Å². The first-order chi connectivity index (χ1) is 8.63. The number of carbonyl (C=O) groups is 1. The van der Waals surface area contributed by atoms with Crippen molar-refractivity contribution in [3.63, 3.8) is 0 Å². The largest absolute Gasteiger partial charge is 0.508 e. The summed E-state index contributed by atoms with van der Waals surface area (Å²) in [4.78, 5) is 12.8. The van der Waals surface area contributed by atoms with E-state index in [2.05, 4.69) is 4.90 Å². The molecule has 5 nitrogen and oxygen atoms in total. The Kier molecular flexibility index (Phi) is 4.17. The van der Waals surface area contributed by atoms with Crippen molar-refractivity contribution in [1.29, 1.82) is 0 Å². The highest BCUT2D eigenvalue weighted by Crippen LogP contribution is 2.15. The molecule has 0 radical (unpaired) electrons. The molecule has 2 rings (SSSR count). The van der Waals surface area contributed by atoms with Crippen LogP contribution in [-0.2, 0) is 16.1 Å². The van der Waals surface area contributed by atoms with Crippen LogP contribution in [0.15, 0.2) is 24.3 Å². The van der Waals surface area contributed by atoms with Crippen LogP contribution in [-0.4, -0.2) is 46.9 Å². The average molecular weight is 251 g/mol. The van der Waals surface area contributed by atoms with Gasteiger partial charge in [0.15, 0.2) is 0 Å². The number of hydrogen-bond donors (Lipinski definition) is 2. The fourth-order valence-corrected chi connectivity index (χ4v) is 2.10. The number of ether oxygens (including phenoxy) is 1. The van der Waals surface area contributed by atoms with Crippen molar-refractivity contribution in [2.45, 2.75) is 19.1 Å². The summed E-state index contributed by atoms with van der Waals surface area (Å²) in [5.41, 5.74) is 1.10. The molecule has 1 aromatic rings. The minimum absolute atomic E-state index is 0.0477. The van der Waals surface area contributed by atoms with Gasteiger partial charge in [0.1, 0.15) is 5.75 Å². The van der Waals surface area contributed by atoms with Gasteiger partial charge in [0.25, 0.3) is 0 Å². The van der Waals surface area contributed by atoms with Crippen molar-refractivity contribution in [3.8, 4) is 5.75 Å². The molecule has 98 valence electrons. The Hall–Kier alpha value is -1.59. The predicted octanol–water partition coefficient (Wildman–Crippen LogP) is 1.07. The molecule has 5 heteroatoms. The first-order valence-electron chi connectivity index (χ1n) is 5.97. The highest BCUT2D eigenvalue weighted by molar-refractivity contribution is 5.67. The number of aromatic hydroxyl groups is 1. The molecule has 1 aliphatic heterocycles. The standard InChI is InChI=1S/C13H17NO4/c15-11-3-1-10(2-4-11)8-14-5-6-18-12(9-14)7-13(16)17/h1-4,12,15H,5-9H2,(H,16,17). The van der Waals surface area contributed by atoms with Crippen LogP contribution in [0.25, 0.3) is 0 Å². The summed E-state index contributed by atoms with van der Waals surface area (Å²) in [6.45, 7) is 2.75. The molecule has 0 spiro atoms. The van der Waals surface area contributed by atoms with E-state index in [1.165, 1.54) is 0 Å². The molecule has 1 saturated heterocycles. The lowest BCUT2D eigenvalue weighted by atomic mass is 10.1. The van der Waals surface area contributed by atoms with Gasteiger partial charge in [-0.3, -0.25) is 9.69 Å². The van der Waals surface area contributed by atoms with Crippen LogP contribution >= 0.6 is 0 Å². The van der Waals surface area contributed by atoms with E-state index in [0.717, 1.165) is 18.7 Å². The van der Waals surface area contributed by atoms with Crippen molar-refractivity contribution < 1.29 is 19.7 Å². The Labute approximate surface area is 106 Å². The van der Waals surface area contributed by atoms with Crippen LogP contribution in [0.3, 0.4) is 0 Å². The van der Waals surface area contributed by atoms with E-state index >= 15 is 0 Å². The highest BCUT2D eigenvalue weighted by atomic mass is 16.5. The lowest BCUT2D eigenvalue weighted by molar-refractivity contribution is -0.142. The molecule has 1 aliphatic rings. The predicted molar refractivity (Wildman–Crippen MR) is 65.4 cm³/mol. The van der Waals surface area contributed by atoms with Gasteiger partial charge in [-0.05, 0) is 17.7 Å². The summed E-state index contributed by atoms with van der Waals surface area (Å²) in [6, 6.07) is 7.06. The molecule has 1 fully saturated rings. The first kappa shape index (κ1) is 12.9. The van der Waals surface area contributed by atoms with Crippen molar-refractivity contribution in [2.75, 3.05) is 19.7 Å². The number of hydrogen-bond acceptors (Lipinski definition) is 4. The third kappa shape index (κ3) is 3.72. The normalized spacial score (nSPS) is 20.8. The van der Waals surface area contributed by atoms with Crippen molar-refractivity contribution >= 4 is 5.97 Å². The van der Waals surface area contributed by atoms with Crippen molar-refractivity contribution in [3.05, 3.63) is 29.8 Å². The summed E-state index contributed by atoms with van der Waals surface area (Å²) in [5.74, 6) is -0.573.